The van der Waals surface area contributed by atoms with Gasteiger partial charge in [-0.15, -0.1) is 0 Å². The van der Waals surface area contributed by atoms with Gasteiger partial charge in [-0.1, -0.05) is 13.0 Å². The number of rotatable bonds is 5. The average molecular weight is 276 g/mol. The standard InChI is InChI=1S/C16H28N4/c1-5-8-17-12-14-7-6-9-18-15(14)20-11-10-19(4)16(2,3)13-20/h6-7,9,17H,5,8,10-13H2,1-4H3. The van der Waals surface area contributed by atoms with Crippen LogP contribution in [0.2, 0.25) is 0 Å². The fourth-order valence-corrected chi connectivity index (χ4v) is 2.67. The molecule has 0 saturated carbocycles. The number of pyridine rings is 1. The molecule has 2 heterocycles. The molecule has 1 N–H and O–H groups in total. The SMILES string of the molecule is CCCNCc1cccnc1N1CCN(C)C(C)(C)C1. The second-order valence-corrected chi connectivity index (χ2v) is 6.32. The molecule has 0 aliphatic carbocycles. The van der Waals surface area contributed by atoms with Crippen LogP contribution in [0, 0.1) is 0 Å². The Morgan fingerprint density at radius 2 is 2.15 bits per heavy atom. The highest BCUT2D eigenvalue weighted by atomic mass is 15.3. The largest absolute Gasteiger partial charge is 0.353 e. The van der Waals surface area contributed by atoms with Gasteiger partial charge in [0, 0.05) is 43.5 Å². The van der Waals surface area contributed by atoms with E-state index in [0.29, 0.717) is 0 Å². The molecule has 1 aromatic rings. The van der Waals surface area contributed by atoms with Gasteiger partial charge in [-0.05, 0) is 39.9 Å². The monoisotopic (exact) mass is 276 g/mol. The summed E-state index contributed by atoms with van der Waals surface area (Å²) in [5, 5.41) is 3.48. The summed E-state index contributed by atoms with van der Waals surface area (Å²) in [5.74, 6) is 1.15. The first-order valence-electron chi connectivity index (χ1n) is 7.65. The van der Waals surface area contributed by atoms with Gasteiger partial charge in [0.15, 0.2) is 0 Å². The van der Waals surface area contributed by atoms with Crippen molar-refractivity contribution < 1.29 is 0 Å². The molecule has 0 atom stereocenters. The molecule has 112 valence electrons. The first-order valence-corrected chi connectivity index (χ1v) is 7.65. The number of piperazine rings is 1. The molecule has 1 aliphatic rings. The zero-order valence-electron chi connectivity index (χ0n) is 13.3. The van der Waals surface area contributed by atoms with Crippen LogP contribution in [0.4, 0.5) is 5.82 Å². The van der Waals surface area contributed by atoms with Crippen molar-refractivity contribution in [3.8, 4) is 0 Å². The van der Waals surface area contributed by atoms with Gasteiger partial charge in [0.25, 0.3) is 0 Å². The molecule has 4 nitrogen and oxygen atoms in total. The van der Waals surface area contributed by atoms with Crippen molar-refractivity contribution in [3.63, 3.8) is 0 Å². The van der Waals surface area contributed by atoms with Crippen LogP contribution in [0.1, 0.15) is 32.8 Å². The van der Waals surface area contributed by atoms with Gasteiger partial charge in [0.2, 0.25) is 0 Å². The zero-order chi connectivity index (χ0) is 14.6. The van der Waals surface area contributed by atoms with Gasteiger partial charge in [-0.25, -0.2) is 4.98 Å². The molecule has 1 fully saturated rings. The van der Waals surface area contributed by atoms with Crippen molar-refractivity contribution >= 4 is 5.82 Å². The van der Waals surface area contributed by atoms with Gasteiger partial charge in [-0.3, -0.25) is 4.90 Å². The molecule has 1 saturated heterocycles. The number of nitrogens with zero attached hydrogens (tertiary/aromatic N) is 3. The molecule has 0 bridgehead atoms. The lowest BCUT2D eigenvalue weighted by atomic mass is 9.99. The Balaban J connectivity index is 2.12. The lowest BCUT2D eigenvalue weighted by Crippen LogP contribution is -2.58. The Labute approximate surface area is 123 Å². The summed E-state index contributed by atoms with van der Waals surface area (Å²) in [6.45, 7) is 11.9. The Morgan fingerprint density at radius 1 is 1.35 bits per heavy atom. The van der Waals surface area contributed by atoms with E-state index in [-0.39, 0.29) is 5.54 Å². The number of anilines is 1. The highest BCUT2D eigenvalue weighted by Crippen LogP contribution is 2.25. The summed E-state index contributed by atoms with van der Waals surface area (Å²) in [7, 11) is 2.21. The first kappa shape index (κ1) is 15.3. The molecule has 4 heteroatoms. The van der Waals surface area contributed by atoms with Crippen LogP contribution >= 0.6 is 0 Å². The minimum Gasteiger partial charge on any atom is -0.353 e. The van der Waals surface area contributed by atoms with Gasteiger partial charge in [-0.2, -0.15) is 0 Å². The molecule has 20 heavy (non-hydrogen) atoms. The van der Waals surface area contributed by atoms with Crippen molar-refractivity contribution in [2.24, 2.45) is 0 Å². The van der Waals surface area contributed by atoms with Crippen LogP contribution in [-0.2, 0) is 6.54 Å². The van der Waals surface area contributed by atoms with Crippen LogP contribution in [0.3, 0.4) is 0 Å². The van der Waals surface area contributed by atoms with Crippen LogP contribution in [0.25, 0.3) is 0 Å². The van der Waals surface area contributed by atoms with Gasteiger partial charge >= 0.3 is 0 Å². The molecule has 0 unspecified atom stereocenters. The maximum atomic E-state index is 4.64. The minimum absolute atomic E-state index is 0.198. The molecule has 1 aliphatic heterocycles. The van der Waals surface area contributed by atoms with E-state index < -0.39 is 0 Å². The van der Waals surface area contributed by atoms with Gasteiger partial charge in [0.1, 0.15) is 5.82 Å². The number of nitrogens with one attached hydrogen (secondary N) is 1. The third-order valence-corrected chi connectivity index (χ3v) is 4.23. The highest BCUT2D eigenvalue weighted by Gasteiger charge is 2.32. The molecular formula is C16H28N4. The Morgan fingerprint density at radius 3 is 2.85 bits per heavy atom. The predicted octanol–water partition coefficient (Wildman–Crippen LogP) is 2.11. The fourth-order valence-electron chi connectivity index (χ4n) is 2.67. The van der Waals surface area contributed by atoms with Gasteiger partial charge < -0.3 is 10.2 Å². The predicted molar refractivity (Wildman–Crippen MR) is 85.2 cm³/mol. The van der Waals surface area contributed by atoms with Crippen molar-refractivity contribution in [2.75, 3.05) is 38.1 Å². The van der Waals surface area contributed by atoms with E-state index in [1.807, 2.05) is 12.3 Å². The fraction of sp³-hybridized carbons (Fsp3) is 0.688. The van der Waals surface area contributed by atoms with E-state index in [2.05, 4.69) is 54.0 Å². The van der Waals surface area contributed by atoms with E-state index in [9.17, 15) is 0 Å². The van der Waals surface area contributed by atoms with Crippen LogP contribution in [0.15, 0.2) is 18.3 Å². The maximum Gasteiger partial charge on any atom is 0.133 e. The second kappa shape index (κ2) is 6.55. The van der Waals surface area contributed by atoms with Crippen LogP contribution in [-0.4, -0.2) is 48.6 Å². The molecular weight excluding hydrogens is 248 g/mol. The minimum atomic E-state index is 0.198. The second-order valence-electron chi connectivity index (χ2n) is 6.32. The van der Waals surface area contributed by atoms with E-state index in [0.717, 1.165) is 45.0 Å². The topological polar surface area (TPSA) is 31.4 Å². The summed E-state index contributed by atoms with van der Waals surface area (Å²) in [4.78, 5) is 9.50. The normalized spacial score (nSPS) is 19.3. The Hall–Kier alpha value is -1.13. The lowest BCUT2D eigenvalue weighted by molar-refractivity contribution is 0.138. The lowest BCUT2D eigenvalue weighted by Gasteiger charge is -2.46. The van der Waals surface area contributed by atoms with E-state index in [1.54, 1.807) is 0 Å². The summed E-state index contributed by atoms with van der Waals surface area (Å²) in [6, 6.07) is 4.23. The third kappa shape index (κ3) is 3.49. The van der Waals surface area contributed by atoms with Crippen molar-refractivity contribution in [1.82, 2.24) is 15.2 Å². The zero-order valence-corrected chi connectivity index (χ0v) is 13.3. The Bertz CT molecular complexity index is 430. The number of likely N-dealkylation sites (N-methyl/N-ethyl adjacent to an activating group) is 1. The highest BCUT2D eigenvalue weighted by molar-refractivity contribution is 5.47. The summed E-state index contributed by atoms with van der Waals surface area (Å²) >= 11 is 0. The summed E-state index contributed by atoms with van der Waals surface area (Å²) in [6.07, 6.45) is 3.07. The molecule has 2 rings (SSSR count). The van der Waals surface area contributed by atoms with Crippen LogP contribution in [0.5, 0.6) is 0 Å². The average Bonchev–Trinajstić information content (AvgIpc) is 2.43. The third-order valence-electron chi connectivity index (χ3n) is 4.23. The number of hydrogen-bond acceptors (Lipinski definition) is 4. The smallest absolute Gasteiger partial charge is 0.133 e. The molecule has 0 aromatic carbocycles. The number of aromatic nitrogens is 1. The van der Waals surface area contributed by atoms with Crippen molar-refractivity contribution in [2.45, 2.75) is 39.3 Å². The molecule has 0 spiro atoms. The summed E-state index contributed by atoms with van der Waals surface area (Å²) in [5.41, 5.74) is 1.51. The van der Waals surface area contributed by atoms with Gasteiger partial charge in [0.05, 0.1) is 0 Å². The van der Waals surface area contributed by atoms with E-state index in [1.165, 1.54) is 5.56 Å². The summed E-state index contributed by atoms with van der Waals surface area (Å²) < 4.78 is 0. The molecule has 0 amide bonds. The number of hydrogen-bond donors (Lipinski definition) is 1. The first-order chi connectivity index (χ1) is 9.54. The Kier molecular flexibility index (Phi) is 5.00. The van der Waals surface area contributed by atoms with Crippen molar-refractivity contribution in [3.05, 3.63) is 23.9 Å². The molecule has 1 aromatic heterocycles. The van der Waals surface area contributed by atoms with E-state index in [4.69, 9.17) is 0 Å². The van der Waals surface area contributed by atoms with Crippen LogP contribution < -0.4 is 10.2 Å². The quantitative estimate of drug-likeness (QED) is 0.835. The van der Waals surface area contributed by atoms with E-state index >= 15 is 0 Å². The molecule has 0 radical (unpaired) electrons. The maximum absolute atomic E-state index is 4.64. The van der Waals surface area contributed by atoms with Crippen molar-refractivity contribution in [1.29, 1.82) is 0 Å².